The second kappa shape index (κ2) is 7.27. The summed E-state index contributed by atoms with van der Waals surface area (Å²) < 4.78 is 14.8. The van der Waals surface area contributed by atoms with E-state index < -0.39 is 0 Å². The lowest BCUT2D eigenvalue weighted by atomic mass is 10.1. The smallest absolute Gasteiger partial charge is 0.215 e. The maximum absolute atomic E-state index is 9.52. The molecule has 0 atom stereocenters. The molecular formula is C19H20ClN3O3. The lowest BCUT2D eigenvalue weighted by Gasteiger charge is -2.11. The lowest BCUT2D eigenvalue weighted by Crippen LogP contribution is -2.04. The molecule has 26 heavy (non-hydrogen) atoms. The van der Waals surface area contributed by atoms with Crippen LogP contribution in [0.15, 0.2) is 48.7 Å². The van der Waals surface area contributed by atoms with Crippen molar-refractivity contribution in [2.75, 3.05) is 20.8 Å². The van der Waals surface area contributed by atoms with Gasteiger partial charge in [-0.15, -0.1) is 12.4 Å². The number of aromatic nitrogens is 3. The average molecular weight is 374 g/mol. The Labute approximate surface area is 157 Å². The second-order valence-electron chi connectivity index (χ2n) is 5.73. The van der Waals surface area contributed by atoms with Crippen molar-refractivity contribution >= 4 is 29.2 Å². The molecule has 0 radical (unpaired) electrons. The minimum Gasteiger partial charge on any atom is -0.493 e. The summed E-state index contributed by atoms with van der Waals surface area (Å²) in [6, 6.07) is 13.8. The van der Waals surface area contributed by atoms with Crippen LogP contribution in [0.25, 0.3) is 28.1 Å². The van der Waals surface area contributed by atoms with Gasteiger partial charge in [0.25, 0.3) is 0 Å². The van der Waals surface area contributed by atoms with E-state index in [0.29, 0.717) is 18.0 Å². The van der Waals surface area contributed by atoms with E-state index in [0.717, 1.165) is 28.1 Å². The van der Waals surface area contributed by atoms with Gasteiger partial charge in [0.05, 0.1) is 37.6 Å². The van der Waals surface area contributed by atoms with Gasteiger partial charge in [0, 0.05) is 18.3 Å². The number of benzene rings is 2. The number of imidazole rings is 2. The predicted octanol–water partition coefficient (Wildman–Crippen LogP) is 3.39. The van der Waals surface area contributed by atoms with Gasteiger partial charge in [0.15, 0.2) is 11.5 Å². The van der Waals surface area contributed by atoms with Crippen LogP contribution in [0.2, 0.25) is 0 Å². The van der Waals surface area contributed by atoms with E-state index in [1.807, 2.05) is 53.2 Å². The minimum atomic E-state index is 0. The number of fused-ring (bicyclic) bond motifs is 3. The van der Waals surface area contributed by atoms with Gasteiger partial charge in [-0.3, -0.25) is 4.40 Å². The van der Waals surface area contributed by atoms with Gasteiger partial charge in [-0.1, -0.05) is 12.1 Å². The second-order valence-corrected chi connectivity index (χ2v) is 5.73. The monoisotopic (exact) mass is 373 g/mol. The van der Waals surface area contributed by atoms with Gasteiger partial charge in [-0.2, -0.15) is 0 Å². The highest BCUT2D eigenvalue weighted by atomic mass is 35.5. The predicted molar refractivity (Wildman–Crippen MR) is 104 cm³/mol. The Balaban J connectivity index is 0.00000196. The molecule has 7 heteroatoms. The topological polar surface area (TPSA) is 60.9 Å². The van der Waals surface area contributed by atoms with E-state index in [2.05, 4.69) is 4.40 Å². The van der Waals surface area contributed by atoms with Crippen LogP contribution in [0.4, 0.5) is 0 Å². The molecule has 2 aromatic heterocycles. The summed E-state index contributed by atoms with van der Waals surface area (Å²) in [7, 11) is 3.24. The molecule has 0 unspecified atom stereocenters. The number of rotatable bonds is 5. The number of aliphatic hydroxyl groups is 1. The fourth-order valence-electron chi connectivity index (χ4n) is 3.20. The third-order valence-electron chi connectivity index (χ3n) is 4.36. The molecule has 1 N–H and O–H groups in total. The third kappa shape index (κ3) is 2.77. The van der Waals surface area contributed by atoms with E-state index in [-0.39, 0.29) is 19.0 Å². The van der Waals surface area contributed by atoms with Crippen LogP contribution < -0.4 is 9.47 Å². The molecule has 0 aliphatic heterocycles. The highest BCUT2D eigenvalue weighted by molar-refractivity contribution is 5.85. The maximum atomic E-state index is 9.52. The van der Waals surface area contributed by atoms with Crippen molar-refractivity contribution in [3.8, 4) is 22.8 Å². The van der Waals surface area contributed by atoms with E-state index in [4.69, 9.17) is 14.5 Å². The highest BCUT2D eigenvalue weighted by Crippen LogP contribution is 2.34. The molecule has 136 valence electrons. The molecule has 2 heterocycles. The van der Waals surface area contributed by atoms with E-state index in [1.165, 1.54) is 0 Å². The summed E-state index contributed by atoms with van der Waals surface area (Å²) in [4.78, 5) is 4.72. The summed E-state index contributed by atoms with van der Waals surface area (Å²) in [6.45, 7) is 0.497. The number of halogens is 1. The zero-order valence-electron chi connectivity index (χ0n) is 14.5. The number of aliphatic hydroxyl groups excluding tert-OH is 1. The Kier molecular flexibility index (Phi) is 5.06. The maximum Gasteiger partial charge on any atom is 0.215 e. The molecule has 0 aliphatic carbocycles. The normalized spacial score (nSPS) is 10.9. The van der Waals surface area contributed by atoms with Gasteiger partial charge in [0.1, 0.15) is 0 Å². The molecule has 2 aromatic carbocycles. The lowest BCUT2D eigenvalue weighted by molar-refractivity contribution is 0.278. The van der Waals surface area contributed by atoms with Crippen molar-refractivity contribution in [1.29, 1.82) is 0 Å². The van der Waals surface area contributed by atoms with Gasteiger partial charge in [-0.05, 0) is 30.3 Å². The van der Waals surface area contributed by atoms with Gasteiger partial charge >= 0.3 is 0 Å². The molecule has 4 aromatic rings. The molecule has 0 saturated carbocycles. The summed E-state index contributed by atoms with van der Waals surface area (Å²) in [5, 5.41) is 9.52. The number of methoxy groups -OCH3 is 2. The third-order valence-corrected chi connectivity index (χ3v) is 4.36. The molecule has 0 spiro atoms. The van der Waals surface area contributed by atoms with Crippen molar-refractivity contribution in [3.05, 3.63) is 48.7 Å². The quantitative estimate of drug-likeness (QED) is 0.582. The Morgan fingerprint density at radius 2 is 1.81 bits per heavy atom. The van der Waals surface area contributed by atoms with Gasteiger partial charge in [0.2, 0.25) is 5.78 Å². The zero-order chi connectivity index (χ0) is 17.4. The Morgan fingerprint density at radius 1 is 1.04 bits per heavy atom. The molecule has 0 bridgehead atoms. The Hall–Kier alpha value is -2.70. The first kappa shape index (κ1) is 18.1. The fourth-order valence-corrected chi connectivity index (χ4v) is 3.20. The molecule has 4 rings (SSSR count). The van der Waals surface area contributed by atoms with Crippen molar-refractivity contribution in [1.82, 2.24) is 14.0 Å². The summed E-state index contributed by atoms with van der Waals surface area (Å²) in [6.07, 6.45) is 2.04. The first-order chi connectivity index (χ1) is 12.3. The molecule has 0 amide bonds. The van der Waals surface area contributed by atoms with Crippen molar-refractivity contribution in [2.45, 2.75) is 6.54 Å². The first-order valence-electron chi connectivity index (χ1n) is 8.06. The Morgan fingerprint density at radius 3 is 2.54 bits per heavy atom. The van der Waals surface area contributed by atoms with Crippen LogP contribution in [-0.2, 0) is 6.54 Å². The highest BCUT2D eigenvalue weighted by Gasteiger charge is 2.16. The summed E-state index contributed by atoms with van der Waals surface area (Å²) in [5.74, 6) is 2.15. The van der Waals surface area contributed by atoms with Crippen LogP contribution in [0, 0.1) is 0 Å². The largest absolute Gasteiger partial charge is 0.493 e. The van der Waals surface area contributed by atoms with Crippen LogP contribution in [0.1, 0.15) is 0 Å². The number of hydrogen-bond acceptors (Lipinski definition) is 4. The van der Waals surface area contributed by atoms with Crippen LogP contribution in [-0.4, -0.2) is 39.9 Å². The van der Waals surface area contributed by atoms with Crippen molar-refractivity contribution in [3.63, 3.8) is 0 Å². The number of hydrogen-bond donors (Lipinski definition) is 1. The van der Waals surface area contributed by atoms with Gasteiger partial charge < -0.3 is 19.1 Å². The number of nitrogens with zero attached hydrogens (tertiary/aromatic N) is 3. The molecule has 0 saturated heterocycles. The molecule has 6 nitrogen and oxygen atoms in total. The van der Waals surface area contributed by atoms with Gasteiger partial charge in [-0.25, -0.2) is 4.98 Å². The fraction of sp³-hybridized carbons (Fsp3) is 0.211. The zero-order valence-corrected chi connectivity index (χ0v) is 15.4. The van der Waals surface area contributed by atoms with Crippen molar-refractivity contribution < 1.29 is 14.6 Å². The minimum absolute atomic E-state index is 0. The van der Waals surface area contributed by atoms with E-state index in [9.17, 15) is 5.11 Å². The molecule has 0 fully saturated rings. The number of para-hydroxylation sites is 2. The SMILES string of the molecule is COc1ccc(-c2cn3c4ccccc4nc3n2CCO)cc1OC.Cl. The standard InChI is InChI=1S/C19H19N3O3.ClH/c1-24-17-8-7-13(11-18(17)25-2)16-12-22-15-6-4-3-5-14(15)20-19(22)21(16)9-10-23;/h3-8,11-12,23H,9-10H2,1-2H3;1H. The van der Waals surface area contributed by atoms with Crippen LogP contribution in [0.5, 0.6) is 11.5 Å². The number of ether oxygens (including phenoxy) is 2. The average Bonchev–Trinajstić information content (AvgIpc) is 3.18. The summed E-state index contributed by atoms with van der Waals surface area (Å²) in [5.41, 5.74) is 3.91. The van der Waals surface area contributed by atoms with Crippen LogP contribution >= 0.6 is 12.4 Å². The molecule has 0 aliphatic rings. The first-order valence-corrected chi connectivity index (χ1v) is 8.06. The summed E-state index contributed by atoms with van der Waals surface area (Å²) >= 11 is 0. The van der Waals surface area contributed by atoms with Crippen LogP contribution in [0.3, 0.4) is 0 Å². The van der Waals surface area contributed by atoms with Crippen molar-refractivity contribution in [2.24, 2.45) is 0 Å². The van der Waals surface area contributed by atoms with E-state index >= 15 is 0 Å². The molecular weight excluding hydrogens is 354 g/mol. The Bertz CT molecular complexity index is 1050. The van der Waals surface area contributed by atoms with E-state index in [1.54, 1.807) is 14.2 Å².